The number of fused-ring (bicyclic) bond motifs is 1. The highest BCUT2D eigenvalue weighted by atomic mass is 16.5. The van der Waals surface area contributed by atoms with Crippen LogP contribution in [0.5, 0.6) is 5.75 Å². The SMILES string of the molecule is CCOC(Cc1ccc(NCCCCC(=O)N2CCOc3ccccc32)cc1)C(=O)O. The van der Waals surface area contributed by atoms with Gasteiger partial charge in [-0.3, -0.25) is 4.79 Å². The fraction of sp³-hybridized carbons (Fsp3) is 0.417. The van der Waals surface area contributed by atoms with Crippen LogP contribution in [0.25, 0.3) is 0 Å². The first-order chi connectivity index (χ1) is 15.1. The molecule has 2 aromatic rings. The van der Waals surface area contributed by atoms with Gasteiger partial charge >= 0.3 is 5.97 Å². The molecule has 0 aromatic heterocycles. The molecular formula is C24H30N2O5. The van der Waals surface area contributed by atoms with E-state index >= 15 is 0 Å². The quantitative estimate of drug-likeness (QED) is 0.533. The molecule has 0 saturated carbocycles. The van der Waals surface area contributed by atoms with Crippen LogP contribution in [0.4, 0.5) is 11.4 Å². The van der Waals surface area contributed by atoms with Crippen LogP contribution in [0.2, 0.25) is 0 Å². The van der Waals surface area contributed by atoms with Crippen LogP contribution < -0.4 is 15.0 Å². The molecule has 0 bridgehead atoms. The molecule has 1 aliphatic rings. The number of aliphatic carboxylic acids is 1. The Balaban J connectivity index is 1.38. The molecule has 31 heavy (non-hydrogen) atoms. The molecule has 1 amide bonds. The summed E-state index contributed by atoms with van der Waals surface area (Å²) in [6, 6.07) is 15.3. The highest BCUT2D eigenvalue weighted by molar-refractivity contribution is 5.95. The summed E-state index contributed by atoms with van der Waals surface area (Å²) >= 11 is 0. The Kier molecular flexibility index (Phi) is 8.29. The van der Waals surface area contributed by atoms with Crippen molar-refractivity contribution in [3.63, 3.8) is 0 Å². The van der Waals surface area contributed by atoms with Crippen LogP contribution in [0.1, 0.15) is 31.7 Å². The van der Waals surface area contributed by atoms with Gasteiger partial charge < -0.3 is 24.8 Å². The van der Waals surface area contributed by atoms with Gasteiger partial charge in [-0.1, -0.05) is 24.3 Å². The summed E-state index contributed by atoms with van der Waals surface area (Å²) in [6.07, 6.45) is 1.71. The van der Waals surface area contributed by atoms with E-state index in [0.717, 1.165) is 42.1 Å². The molecule has 166 valence electrons. The second-order valence-corrected chi connectivity index (χ2v) is 7.43. The molecule has 1 atom stereocenters. The van der Waals surface area contributed by atoms with Crippen molar-refractivity contribution >= 4 is 23.3 Å². The van der Waals surface area contributed by atoms with Gasteiger partial charge in [-0.05, 0) is 49.6 Å². The summed E-state index contributed by atoms with van der Waals surface area (Å²) in [7, 11) is 0. The number of anilines is 2. The van der Waals surface area contributed by atoms with E-state index in [4.69, 9.17) is 9.47 Å². The van der Waals surface area contributed by atoms with Crippen LogP contribution in [0.15, 0.2) is 48.5 Å². The molecule has 1 unspecified atom stereocenters. The first-order valence-electron chi connectivity index (χ1n) is 10.8. The number of hydrogen-bond donors (Lipinski definition) is 2. The Morgan fingerprint density at radius 2 is 1.94 bits per heavy atom. The predicted octanol–water partition coefficient (Wildman–Crippen LogP) is 3.73. The highest BCUT2D eigenvalue weighted by Gasteiger charge is 2.22. The van der Waals surface area contributed by atoms with Crippen LogP contribution in [0, 0.1) is 0 Å². The average molecular weight is 427 g/mol. The lowest BCUT2D eigenvalue weighted by Gasteiger charge is -2.29. The van der Waals surface area contributed by atoms with Gasteiger partial charge in [-0.2, -0.15) is 0 Å². The van der Waals surface area contributed by atoms with Crippen LogP contribution in [0.3, 0.4) is 0 Å². The Labute approximate surface area is 183 Å². The monoisotopic (exact) mass is 426 g/mol. The Morgan fingerprint density at radius 3 is 2.68 bits per heavy atom. The summed E-state index contributed by atoms with van der Waals surface area (Å²) in [6.45, 7) is 4.04. The van der Waals surface area contributed by atoms with E-state index in [2.05, 4.69) is 5.32 Å². The lowest BCUT2D eigenvalue weighted by atomic mass is 10.1. The van der Waals surface area contributed by atoms with Crippen LogP contribution in [-0.4, -0.2) is 49.4 Å². The molecule has 1 aliphatic heterocycles. The zero-order valence-corrected chi connectivity index (χ0v) is 17.9. The molecule has 2 aromatic carbocycles. The third kappa shape index (κ3) is 6.46. The van der Waals surface area contributed by atoms with Gasteiger partial charge in [0.1, 0.15) is 12.4 Å². The minimum atomic E-state index is -0.945. The number of amides is 1. The van der Waals surface area contributed by atoms with E-state index in [1.165, 1.54) is 0 Å². The van der Waals surface area contributed by atoms with Gasteiger partial charge in [0, 0.05) is 31.7 Å². The third-order valence-corrected chi connectivity index (χ3v) is 5.19. The number of ether oxygens (including phenoxy) is 2. The van der Waals surface area contributed by atoms with Crippen LogP contribution in [-0.2, 0) is 20.7 Å². The van der Waals surface area contributed by atoms with E-state index in [9.17, 15) is 14.7 Å². The molecule has 0 fully saturated rings. The summed E-state index contributed by atoms with van der Waals surface area (Å²) < 4.78 is 10.9. The molecule has 7 heteroatoms. The van der Waals surface area contributed by atoms with Crippen molar-refractivity contribution in [3.05, 3.63) is 54.1 Å². The average Bonchev–Trinajstić information content (AvgIpc) is 2.79. The molecule has 1 heterocycles. The number of nitrogens with one attached hydrogen (secondary N) is 1. The molecule has 7 nitrogen and oxygen atoms in total. The molecular weight excluding hydrogens is 396 g/mol. The van der Waals surface area contributed by atoms with Gasteiger partial charge in [-0.25, -0.2) is 4.79 Å². The normalized spacial score (nSPS) is 13.8. The summed E-state index contributed by atoms with van der Waals surface area (Å²) in [5, 5.41) is 12.5. The number of para-hydroxylation sites is 2. The largest absolute Gasteiger partial charge is 0.490 e. The second kappa shape index (κ2) is 11.4. The number of carbonyl (C=O) groups excluding carboxylic acids is 1. The maximum absolute atomic E-state index is 12.6. The van der Waals surface area contributed by atoms with Crippen molar-refractivity contribution in [1.29, 1.82) is 0 Å². The first-order valence-corrected chi connectivity index (χ1v) is 10.8. The molecule has 0 saturated heterocycles. The van der Waals surface area contributed by atoms with Crippen molar-refractivity contribution in [1.82, 2.24) is 0 Å². The van der Waals surface area contributed by atoms with Crippen molar-refractivity contribution in [2.24, 2.45) is 0 Å². The topological polar surface area (TPSA) is 88.1 Å². The first kappa shape index (κ1) is 22.6. The van der Waals surface area contributed by atoms with Crippen molar-refractivity contribution in [3.8, 4) is 5.75 Å². The van der Waals surface area contributed by atoms with Gasteiger partial charge in [0.2, 0.25) is 5.91 Å². The number of carboxylic acids is 1. The summed E-state index contributed by atoms with van der Waals surface area (Å²) in [5.41, 5.74) is 2.75. The van der Waals surface area contributed by atoms with Crippen molar-refractivity contribution in [2.75, 3.05) is 36.5 Å². The fourth-order valence-electron chi connectivity index (χ4n) is 3.59. The van der Waals surface area contributed by atoms with E-state index in [1.807, 2.05) is 53.4 Å². The maximum atomic E-state index is 12.6. The van der Waals surface area contributed by atoms with E-state index < -0.39 is 12.1 Å². The van der Waals surface area contributed by atoms with Crippen LogP contribution >= 0.6 is 0 Å². The van der Waals surface area contributed by atoms with E-state index in [0.29, 0.717) is 32.6 Å². The minimum Gasteiger partial charge on any atom is -0.490 e. The number of unbranched alkanes of at least 4 members (excludes halogenated alkanes) is 1. The fourth-order valence-corrected chi connectivity index (χ4v) is 3.59. The summed E-state index contributed by atoms with van der Waals surface area (Å²) in [5.74, 6) is -0.0512. The number of rotatable bonds is 11. The Bertz CT molecular complexity index is 869. The van der Waals surface area contributed by atoms with Crippen molar-refractivity contribution < 1.29 is 24.2 Å². The summed E-state index contributed by atoms with van der Waals surface area (Å²) in [4.78, 5) is 25.6. The second-order valence-electron chi connectivity index (χ2n) is 7.43. The lowest BCUT2D eigenvalue weighted by molar-refractivity contribution is -0.149. The smallest absolute Gasteiger partial charge is 0.333 e. The Hall–Kier alpha value is -3.06. The molecule has 3 rings (SSSR count). The predicted molar refractivity (Wildman–Crippen MR) is 120 cm³/mol. The Morgan fingerprint density at radius 1 is 1.16 bits per heavy atom. The van der Waals surface area contributed by atoms with E-state index in [1.54, 1.807) is 6.92 Å². The standard InChI is InChI=1S/C24H30N2O5/c1-2-30-22(24(28)29)17-18-10-12-19(13-11-18)25-14-6-5-9-23(27)26-15-16-31-21-8-4-3-7-20(21)26/h3-4,7-8,10-13,22,25H,2,5-6,9,14-17H2,1H3,(H,28,29). The van der Waals surface area contributed by atoms with Crippen molar-refractivity contribution in [2.45, 2.75) is 38.7 Å². The number of nitrogens with zero attached hydrogens (tertiary/aromatic N) is 1. The van der Waals surface area contributed by atoms with Gasteiger partial charge in [0.05, 0.1) is 12.2 Å². The maximum Gasteiger partial charge on any atom is 0.333 e. The third-order valence-electron chi connectivity index (χ3n) is 5.19. The molecule has 2 N–H and O–H groups in total. The highest BCUT2D eigenvalue weighted by Crippen LogP contribution is 2.31. The lowest BCUT2D eigenvalue weighted by Crippen LogP contribution is -2.37. The van der Waals surface area contributed by atoms with Gasteiger partial charge in [0.25, 0.3) is 0 Å². The zero-order chi connectivity index (χ0) is 22.1. The van der Waals surface area contributed by atoms with E-state index in [-0.39, 0.29) is 5.91 Å². The van der Waals surface area contributed by atoms with Gasteiger partial charge in [-0.15, -0.1) is 0 Å². The molecule has 0 spiro atoms. The minimum absolute atomic E-state index is 0.127. The number of benzene rings is 2. The molecule has 0 radical (unpaired) electrons. The molecule has 0 aliphatic carbocycles. The zero-order valence-electron chi connectivity index (χ0n) is 17.9. The number of carboxylic acid groups (broad SMARTS) is 1. The number of hydrogen-bond acceptors (Lipinski definition) is 5. The number of carbonyl (C=O) groups is 2. The van der Waals surface area contributed by atoms with Gasteiger partial charge in [0.15, 0.2) is 6.10 Å².